The van der Waals surface area contributed by atoms with Crippen LogP contribution in [0.4, 0.5) is 11.6 Å². The number of nitrogens with one attached hydrogen (secondary N) is 1. The lowest BCUT2D eigenvalue weighted by molar-refractivity contribution is 0.0950. The van der Waals surface area contributed by atoms with Gasteiger partial charge in [0.05, 0.1) is 6.54 Å². The molecule has 2 atom stereocenters. The van der Waals surface area contributed by atoms with E-state index < -0.39 is 5.91 Å². The fourth-order valence-electron chi connectivity index (χ4n) is 5.53. The summed E-state index contributed by atoms with van der Waals surface area (Å²) in [5.74, 6) is -0.0472. The number of hydrogen-bond acceptors (Lipinski definition) is 10. The van der Waals surface area contributed by atoms with Crippen molar-refractivity contribution in [3.05, 3.63) is 38.5 Å². The van der Waals surface area contributed by atoms with Gasteiger partial charge in [0.1, 0.15) is 5.17 Å². The van der Waals surface area contributed by atoms with Crippen molar-refractivity contribution in [1.82, 2.24) is 25.1 Å². The first kappa shape index (κ1) is 34.2. The van der Waals surface area contributed by atoms with E-state index in [1.54, 1.807) is 7.05 Å². The zero-order valence-corrected chi connectivity index (χ0v) is 26.9. The van der Waals surface area contributed by atoms with Crippen molar-refractivity contribution in [3.8, 4) is 0 Å². The zero-order valence-electron chi connectivity index (χ0n) is 24.7. The average Bonchev–Trinajstić information content (AvgIpc) is 3.22. The highest BCUT2D eigenvalue weighted by molar-refractivity contribution is 6.65. The van der Waals surface area contributed by atoms with Gasteiger partial charge in [-0.15, -0.1) is 0 Å². The normalized spacial score (nSPS) is 21.8. The van der Waals surface area contributed by atoms with Gasteiger partial charge < -0.3 is 16.0 Å². The molecule has 1 aromatic rings. The molecular weight excluding hydrogens is 601 g/mol. The van der Waals surface area contributed by atoms with E-state index in [1.807, 2.05) is 13.0 Å². The second-order valence-electron chi connectivity index (χ2n) is 10.6. The van der Waals surface area contributed by atoms with E-state index in [4.69, 9.17) is 40.5 Å². The number of nitroso groups, excluding NO2 is 1. The Morgan fingerprint density at radius 1 is 1.19 bits per heavy atom. The Morgan fingerprint density at radius 2 is 1.98 bits per heavy atom. The van der Waals surface area contributed by atoms with Crippen molar-refractivity contribution < 1.29 is 4.79 Å². The molecule has 42 heavy (non-hydrogen) atoms. The standard InChI is InChI=1S/C28H42Cl3N9O2/c1-4-21-18-39(27-25(31)36-24(26(32)37-27)28(41)34-11-12-35-42)15-16-40(21)22-8-6-13-38(14-10-22)17-20(19(2)29)7-5-9-23(30)33-3/h5,7,21-22H,4,6,8-18H2,1-3H3,(H2,32,37)(H,34,41)/b7-5?,20-19-,33-23?. The SMILES string of the molecule is CCC1CN(c2nc(N)c(C(=O)NCCN=O)nc2Cl)CCN1C1CCCN(C/C(C=CCC(Cl)=NC)=C(/C)Cl)CC1. The first-order chi connectivity index (χ1) is 20.2. The highest BCUT2D eigenvalue weighted by Crippen LogP contribution is 2.30. The maximum Gasteiger partial charge on any atom is 0.273 e. The van der Waals surface area contributed by atoms with Gasteiger partial charge in [0.2, 0.25) is 0 Å². The van der Waals surface area contributed by atoms with Crippen LogP contribution < -0.4 is 16.0 Å². The third-order valence-electron chi connectivity index (χ3n) is 7.81. The molecule has 232 valence electrons. The summed E-state index contributed by atoms with van der Waals surface area (Å²) >= 11 is 19.0. The second kappa shape index (κ2) is 17.1. The molecule has 3 N–H and O–H groups in total. The van der Waals surface area contributed by atoms with Crippen LogP contribution in [0, 0.1) is 4.91 Å². The molecular formula is C28H42Cl3N9O2. The van der Waals surface area contributed by atoms with Gasteiger partial charge in [0, 0.05) is 63.3 Å². The first-order valence-electron chi connectivity index (χ1n) is 14.4. The van der Waals surface area contributed by atoms with Crippen molar-refractivity contribution in [2.45, 2.75) is 58.0 Å². The molecule has 2 fully saturated rings. The summed E-state index contributed by atoms with van der Waals surface area (Å²) in [6.45, 7) is 9.37. The summed E-state index contributed by atoms with van der Waals surface area (Å²) in [5.41, 5.74) is 7.15. The third-order valence-corrected chi connectivity index (χ3v) is 8.63. The van der Waals surface area contributed by atoms with E-state index in [-0.39, 0.29) is 29.8 Å². The Labute approximate surface area is 263 Å². The number of nitrogens with zero attached hydrogens (tertiary/aromatic N) is 7. The summed E-state index contributed by atoms with van der Waals surface area (Å²) in [6.07, 6.45) is 9.00. The highest BCUT2D eigenvalue weighted by atomic mass is 35.5. The number of hydrogen-bond donors (Lipinski definition) is 2. The van der Waals surface area contributed by atoms with E-state index in [2.05, 4.69) is 53.2 Å². The molecule has 1 aromatic heterocycles. The number of piperazine rings is 1. The number of anilines is 2. The van der Waals surface area contributed by atoms with Crippen molar-refractivity contribution in [2.24, 2.45) is 10.2 Å². The lowest BCUT2D eigenvalue weighted by atomic mass is 10.0. The molecule has 0 aliphatic carbocycles. The van der Waals surface area contributed by atoms with Crippen molar-refractivity contribution in [3.63, 3.8) is 0 Å². The molecule has 1 amide bonds. The number of likely N-dealkylation sites (tertiary alicyclic amines) is 1. The summed E-state index contributed by atoms with van der Waals surface area (Å²) in [4.78, 5) is 42.6. The maximum absolute atomic E-state index is 12.4. The van der Waals surface area contributed by atoms with Gasteiger partial charge in [-0.25, -0.2) is 9.97 Å². The van der Waals surface area contributed by atoms with Crippen LogP contribution in [0.1, 0.15) is 56.4 Å². The van der Waals surface area contributed by atoms with Gasteiger partial charge in [0.15, 0.2) is 22.5 Å². The van der Waals surface area contributed by atoms with Crippen molar-refractivity contribution in [1.29, 1.82) is 0 Å². The molecule has 2 unspecified atom stereocenters. The minimum atomic E-state index is -0.536. The largest absolute Gasteiger partial charge is 0.382 e. The first-order valence-corrected chi connectivity index (χ1v) is 15.6. The van der Waals surface area contributed by atoms with Crippen molar-refractivity contribution >= 4 is 57.5 Å². The number of carbonyl (C=O) groups excluding carboxylic acids is 1. The molecule has 0 aromatic carbocycles. The van der Waals surface area contributed by atoms with Gasteiger partial charge in [-0.05, 0) is 51.3 Å². The number of nitrogens with two attached hydrogens (primary N) is 1. The lowest BCUT2D eigenvalue weighted by Gasteiger charge is -2.45. The van der Waals surface area contributed by atoms with Gasteiger partial charge in [-0.3, -0.25) is 19.6 Å². The quantitative estimate of drug-likeness (QED) is 0.145. The van der Waals surface area contributed by atoms with Gasteiger partial charge in [-0.1, -0.05) is 59.1 Å². The number of amides is 1. The number of aromatic nitrogens is 2. The topological polar surface area (TPSA) is 132 Å². The molecule has 14 heteroatoms. The van der Waals surface area contributed by atoms with Crippen LogP contribution in [-0.2, 0) is 0 Å². The van der Waals surface area contributed by atoms with Crippen molar-refractivity contribution in [2.75, 3.05) is 70.0 Å². The Kier molecular flexibility index (Phi) is 13.9. The number of halogens is 3. The van der Waals surface area contributed by atoms with Crippen LogP contribution in [0.2, 0.25) is 5.15 Å². The Bertz CT molecular complexity index is 1170. The molecule has 3 heterocycles. The van der Waals surface area contributed by atoms with E-state index in [0.717, 1.165) is 75.6 Å². The molecule has 3 rings (SSSR count). The summed E-state index contributed by atoms with van der Waals surface area (Å²) < 4.78 is 0. The van der Waals surface area contributed by atoms with E-state index >= 15 is 0 Å². The Morgan fingerprint density at radius 3 is 2.67 bits per heavy atom. The number of aliphatic imine (C=N–C) groups is 1. The summed E-state index contributed by atoms with van der Waals surface area (Å²) in [6, 6.07) is 0.807. The van der Waals surface area contributed by atoms with Gasteiger partial charge in [-0.2, -0.15) is 4.91 Å². The summed E-state index contributed by atoms with van der Waals surface area (Å²) in [7, 11) is 1.69. The predicted octanol–water partition coefficient (Wildman–Crippen LogP) is 4.69. The predicted molar refractivity (Wildman–Crippen MR) is 173 cm³/mol. The maximum atomic E-state index is 12.4. The monoisotopic (exact) mass is 641 g/mol. The molecule has 0 radical (unpaired) electrons. The van der Waals surface area contributed by atoms with E-state index in [9.17, 15) is 9.70 Å². The highest BCUT2D eigenvalue weighted by Gasteiger charge is 2.34. The smallest absolute Gasteiger partial charge is 0.273 e. The van der Waals surface area contributed by atoms with Gasteiger partial charge in [0.25, 0.3) is 5.91 Å². The third kappa shape index (κ3) is 9.60. The second-order valence-corrected chi connectivity index (χ2v) is 11.9. The Balaban J connectivity index is 1.62. The molecule has 0 bridgehead atoms. The minimum absolute atomic E-state index is 0.00217. The van der Waals surface area contributed by atoms with Crippen LogP contribution in [-0.4, -0.2) is 102 Å². The Hall–Kier alpha value is -2.31. The van der Waals surface area contributed by atoms with Crippen LogP contribution >= 0.6 is 34.8 Å². The minimum Gasteiger partial charge on any atom is -0.382 e. The average molecular weight is 643 g/mol. The number of rotatable bonds is 12. The van der Waals surface area contributed by atoms with Crippen LogP contribution in [0.3, 0.4) is 0 Å². The lowest BCUT2D eigenvalue weighted by Crippen LogP contribution is -2.57. The number of allylic oxidation sites excluding steroid dienone is 2. The van der Waals surface area contributed by atoms with E-state index in [1.165, 1.54) is 0 Å². The van der Waals surface area contributed by atoms with Crippen LogP contribution in [0.25, 0.3) is 0 Å². The van der Waals surface area contributed by atoms with Crippen LogP contribution in [0.15, 0.2) is 32.9 Å². The molecule has 2 saturated heterocycles. The molecule has 11 nitrogen and oxygen atoms in total. The summed E-state index contributed by atoms with van der Waals surface area (Å²) in [5, 5.41) is 6.77. The number of carbonyl (C=O) groups is 1. The van der Waals surface area contributed by atoms with Gasteiger partial charge >= 0.3 is 0 Å². The van der Waals surface area contributed by atoms with Crippen LogP contribution in [0.5, 0.6) is 0 Å². The molecule has 2 aliphatic rings. The molecule has 0 spiro atoms. The van der Waals surface area contributed by atoms with E-state index in [0.29, 0.717) is 29.5 Å². The zero-order chi connectivity index (χ0) is 30.6. The fraction of sp³-hybridized carbons (Fsp3) is 0.643. The fourth-order valence-corrected chi connectivity index (χ4v) is 5.98. The molecule has 2 aliphatic heterocycles. The number of nitrogen functional groups attached to an aromatic ring is 1. The molecule has 0 saturated carbocycles.